The minimum atomic E-state index is 0.406. The summed E-state index contributed by atoms with van der Waals surface area (Å²) in [5.74, 6) is 0. The lowest BCUT2D eigenvalue weighted by Gasteiger charge is -2.23. The van der Waals surface area contributed by atoms with Crippen LogP contribution in [-0.4, -0.2) is 24.6 Å². The first kappa shape index (κ1) is 11.8. The molecule has 0 amide bonds. The van der Waals surface area contributed by atoms with Crippen LogP contribution in [0.15, 0.2) is 22.7 Å². The molecule has 0 spiro atoms. The van der Waals surface area contributed by atoms with E-state index in [9.17, 15) is 0 Å². The van der Waals surface area contributed by atoms with Crippen molar-refractivity contribution in [3.05, 3.63) is 27.7 Å². The molecule has 1 atom stereocenters. The molecule has 2 rings (SSSR count). The Morgan fingerprint density at radius 1 is 1.62 bits per heavy atom. The lowest BCUT2D eigenvalue weighted by Crippen LogP contribution is -2.36. The lowest BCUT2D eigenvalue weighted by molar-refractivity contribution is 0.534. The molecule has 2 heterocycles. The highest BCUT2D eigenvalue weighted by molar-refractivity contribution is 7.09. The van der Waals surface area contributed by atoms with E-state index in [2.05, 4.69) is 29.5 Å². The Bertz CT molecular complexity index is 350. The van der Waals surface area contributed by atoms with E-state index < -0.39 is 0 Å². The fourth-order valence-corrected chi connectivity index (χ4v) is 2.56. The number of aromatic nitrogens is 1. The zero-order chi connectivity index (χ0) is 11.4. The summed E-state index contributed by atoms with van der Waals surface area (Å²) in [7, 11) is 0. The SMILES string of the molecule is CCC(NCC(C)=C1CNC1)c1nccs1. The van der Waals surface area contributed by atoms with Crippen molar-refractivity contribution in [3.8, 4) is 0 Å². The molecule has 1 saturated heterocycles. The summed E-state index contributed by atoms with van der Waals surface area (Å²) in [5.41, 5.74) is 3.04. The van der Waals surface area contributed by atoms with E-state index in [1.807, 2.05) is 11.6 Å². The van der Waals surface area contributed by atoms with E-state index in [0.29, 0.717) is 6.04 Å². The van der Waals surface area contributed by atoms with Gasteiger partial charge >= 0.3 is 0 Å². The molecular formula is C12H19N3S. The summed E-state index contributed by atoms with van der Waals surface area (Å²) in [6.07, 6.45) is 2.97. The van der Waals surface area contributed by atoms with Gasteiger partial charge in [0.15, 0.2) is 0 Å². The minimum Gasteiger partial charge on any atom is -0.309 e. The van der Waals surface area contributed by atoms with Crippen LogP contribution in [0.2, 0.25) is 0 Å². The fourth-order valence-electron chi connectivity index (χ4n) is 1.77. The Hall–Kier alpha value is -0.710. The molecule has 0 aromatic carbocycles. The second-order valence-corrected chi connectivity index (χ2v) is 5.13. The minimum absolute atomic E-state index is 0.406. The van der Waals surface area contributed by atoms with Crippen LogP contribution in [0.4, 0.5) is 0 Å². The van der Waals surface area contributed by atoms with Crippen molar-refractivity contribution < 1.29 is 0 Å². The highest BCUT2D eigenvalue weighted by Gasteiger charge is 2.14. The normalized spacial score (nSPS) is 17.0. The maximum atomic E-state index is 4.37. The van der Waals surface area contributed by atoms with E-state index >= 15 is 0 Å². The summed E-state index contributed by atoms with van der Waals surface area (Å²) in [5, 5.41) is 10.1. The third-order valence-electron chi connectivity index (χ3n) is 3.05. The third-order valence-corrected chi connectivity index (χ3v) is 3.94. The maximum Gasteiger partial charge on any atom is 0.109 e. The topological polar surface area (TPSA) is 37.0 Å². The molecule has 0 saturated carbocycles. The van der Waals surface area contributed by atoms with E-state index in [1.54, 1.807) is 16.9 Å². The van der Waals surface area contributed by atoms with Crippen molar-refractivity contribution in [1.82, 2.24) is 15.6 Å². The molecule has 1 fully saturated rings. The van der Waals surface area contributed by atoms with Crippen molar-refractivity contribution in [2.75, 3.05) is 19.6 Å². The average molecular weight is 237 g/mol. The third kappa shape index (κ3) is 2.70. The van der Waals surface area contributed by atoms with Gasteiger partial charge in [-0.3, -0.25) is 0 Å². The van der Waals surface area contributed by atoms with E-state index in [0.717, 1.165) is 26.1 Å². The Morgan fingerprint density at radius 2 is 2.44 bits per heavy atom. The van der Waals surface area contributed by atoms with Gasteiger partial charge in [-0.15, -0.1) is 11.3 Å². The number of hydrogen-bond donors (Lipinski definition) is 2. The standard InChI is InChI=1S/C12H19N3S/c1-3-11(12-14-4-5-16-12)15-6-9(2)10-7-13-8-10/h4-5,11,13,15H,3,6-8H2,1-2H3. The zero-order valence-corrected chi connectivity index (χ0v) is 10.7. The lowest BCUT2D eigenvalue weighted by atomic mass is 10.0. The summed E-state index contributed by atoms with van der Waals surface area (Å²) in [6, 6.07) is 0.406. The van der Waals surface area contributed by atoms with Crippen LogP contribution >= 0.6 is 11.3 Å². The molecule has 1 aliphatic rings. The first-order valence-corrected chi connectivity index (χ1v) is 6.70. The van der Waals surface area contributed by atoms with Crippen LogP contribution in [-0.2, 0) is 0 Å². The summed E-state index contributed by atoms with van der Waals surface area (Å²) >= 11 is 1.73. The average Bonchev–Trinajstić information content (AvgIpc) is 2.69. The van der Waals surface area contributed by atoms with Crippen LogP contribution in [0.1, 0.15) is 31.3 Å². The highest BCUT2D eigenvalue weighted by Crippen LogP contribution is 2.19. The molecule has 0 radical (unpaired) electrons. The van der Waals surface area contributed by atoms with Crippen molar-refractivity contribution in [2.45, 2.75) is 26.3 Å². The van der Waals surface area contributed by atoms with Crippen LogP contribution in [0.25, 0.3) is 0 Å². The predicted octanol–water partition coefficient (Wildman–Crippen LogP) is 2.10. The maximum absolute atomic E-state index is 4.37. The molecule has 1 aliphatic heterocycles. The summed E-state index contributed by atoms with van der Waals surface area (Å²) < 4.78 is 0. The van der Waals surface area contributed by atoms with Gasteiger partial charge in [0.05, 0.1) is 6.04 Å². The molecule has 88 valence electrons. The van der Waals surface area contributed by atoms with E-state index in [-0.39, 0.29) is 0 Å². The molecule has 1 unspecified atom stereocenters. The highest BCUT2D eigenvalue weighted by atomic mass is 32.1. The van der Waals surface area contributed by atoms with Crippen molar-refractivity contribution in [1.29, 1.82) is 0 Å². The molecule has 0 aliphatic carbocycles. The van der Waals surface area contributed by atoms with Crippen molar-refractivity contribution >= 4 is 11.3 Å². The van der Waals surface area contributed by atoms with Crippen molar-refractivity contribution in [3.63, 3.8) is 0 Å². The Labute approximate surface area is 101 Å². The molecule has 1 aromatic rings. The molecule has 0 bridgehead atoms. The largest absolute Gasteiger partial charge is 0.309 e. The number of rotatable bonds is 5. The molecule has 1 aromatic heterocycles. The van der Waals surface area contributed by atoms with Gasteiger partial charge in [0, 0.05) is 31.2 Å². The number of nitrogens with zero attached hydrogens (tertiary/aromatic N) is 1. The molecule has 2 N–H and O–H groups in total. The van der Waals surface area contributed by atoms with Gasteiger partial charge in [-0.2, -0.15) is 0 Å². The molecular weight excluding hydrogens is 218 g/mol. The predicted molar refractivity (Wildman–Crippen MR) is 68.7 cm³/mol. The fraction of sp³-hybridized carbons (Fsp3) is 0.583. The molecule has 3 nitrogen and oxygen atoms in total. The van der Waals surface area contributed by atoms with Crippen molar-refractivity contribution in [2.24, 2.45) is 0 Å². The second-order valence-electron chi connectivity index (χ2n) is 4.20. The van der Waals surface area contributed by atoms with Crippen LogP contribution in [0.5, 0.6) is 0 Å². The quantitative estimate of drug-likeness (QED) is 0.770. The second kappa shape index (κ2) is 5.57. The van der Waals surface area contributed by atoms with Gasteiger partial charge in [-0.25, -0.2) is 4.98 Å². The molecule has 16 heavy (non-hydrogen) atoms. The molecule has 4 heteroatoms. The smallest absolute Gasteiger partial charge is 0.109 e. The Kier molecular flexibility index (Phi) is 4.09. The first-order valence-electron chi connectivity index (χ1n) is 5.82. The summed E-state index contributed by atoms with van der Waals surface area (Å²) in [6.45, 7) is 7.54. The summed E-state index contributed by atoms with van der Waals surface area (Å²) in [4.78, 5) is 4.37. The van der Waals surface area contributed by atoms with Gasteiger partial charge in [-0.05, 0) is 18.9 Å². The first-order chi connectivity index (χ1) is 7.81. The van der Waals surface area contributed by atoms with Gasteiger partial charge in [0.1, 0.15) is 5.01 Å². The van der Waals surface area contributed by atoms with E-state index in [1.165, 1.54) is 10.6 Å². The van der Waals surface area contributed by atoms with Crippen LogP contribution in [0.3, 0.4) is 0 Å². The van der Waals surface area contributed by atoms with Gasteiger partial charge in [0.2, 0.25) is 0 Å². The number of nitrogens with one attached hydrogen (secondary N) is 2. The van der Waals surface area contributed by atoms with E-state index in [4.69, 9.17) is 0 Å². The number of thiazole rings is 1. The van der Waals surface area contributed by atoms with Gasteiger partial charge in [0.25, 0.3) is 0 Å². The van der Waals surface area contributed by atoms with Gasteiger partial charge < -0.3 is 10.6 Å². The monoisotopic (exact) mass is 237 g/mol. The number of hydrogen-bond acceptors (Lipinski definition) is 4. The van der Waals surface area contributed by atoms with Crippen LogP contribution in [0, 0.1) is 0 Å². The Balaban J connectivity index is 1.88. The Morgan fingerprint density at radius 3 is 2.94 bits per heavy atom. The van der Waals surface area contributed by atoms with Gasteiger partial charge in [-0.1, -0.05) is 12.5 Å². The zero-order valence-electron chi connectivity index (χ0n) is 9.92. The van der Waals surface area contributed by atoms with Crippen LogP contribution < -0.4 is 10.6 Å².